The van der Waals surface area contributed by atoms with E-state index in [2.05, 4.69) is 21.6 Å². The molecule has 1 aromatic rings. The minimum atomic E-state index is -3.80. The summed E-state index contributed by atoms with van der Waals surface area (Å²) >= 11 is 6.18. The molecule has 1 saturated heterocycles. The number of hydrogen-bond donors (Lipinski definition) is 3. The molecular weight excluding hydrogens is 426 g/mol. The fourth-order valence-electron chi connectivity index (χ4n) is 4.63. The minimum absolute atomic E-state index is 0.0300. The van der Waals surface area contributed by atoms with E-state index < -0.39 is 26.9 Å². The standard InChI is InChI=1S/C21H28ClN3O4S/c1-13-5-4-6-17(13)23-21(27)24-18-8-7-16(22)20(19(18)26)30(28,29)15-11-14(12-15)25-9-2-3-10-25/h5,7-8,14-15,17,26H,2-4,6,9-12H2,1H3,(H2,23,24,27)/t14-,15-,17?. The number of urea groups is 1. The van der Waals surface area contributed by atoms with Crippen molar-refractivity contribution in [2.45, 2.75) is 67.7 Å². The summed E-state index contributed by atoms with van der Waals surface area (Å²) in [6.45, 7) is 4.00. The predicted molar refractivity (Wildman–Crippen MR) is 117 cm³/mol. The molecule has 9 heteroatoms. The van der Waals surface area contributed by atoms with Gasteiger partial charge in [0.15, 0.2) is 15.6 Å². The first-order valence-corrected chi connectivity index (χ1v) is 12.4. The van der Waals surface area contributed by atoms with E-state index in [1.165, 1.54) is 12.1 Å². The van der Waals surface area contributed by atoms with Crippen molar-refractivity contribution in [3.8, 4) is 5.75 Å². The van der Waals surface area contributed by atoms with Crippen LogP contribution in [0.1, 0.15) is 45.4 Å². The number of likely N-dealkylation sites (tertiary alicyclic amines) is 1. The van der Waals surface area contributed by atoms with E-state index in [1.54, 1.807) is 0 Å². The van der Waals surface area contributed by atoms with E-state index in [0.717, 1.165) is 44.3 Å². The molecular formula is C21H28ClN3O4S. The van der Waals surface area contributed by atoms with Crippen LogP contribution in [0.4, 0.5) is 10.5 Å². The number of benzene rings is 1. The van der Waals surface area contributed by atoms with Gasteiger partial charge in [-0.3, -0.25) is 0 Å². The quantitative estimate of drug-likeness (QED) is 0.466. The Hall–Kier alpha value is -1.77. The van der Waals surface area contributed by atoms with Crippen LogP contribution in [-0.2, 0) is 9.84 Å². The van der Waals surface area contributed by atoms with Crippen molar-refractivity contribution >= 4 is 33.2 Å². The zero-order valence-electron chi connectivity index (χ0n) is 17.0. The van der Waals surface area contributed by atoms with E-state index in [9.17, 15) is 18.3 Å². The minimum Gasteiger partial charge on any atom is -0.504 e. The molecule has 1 unspecified atom stereocenters. The van der Waals surface area contributed by atoms with Gasteiger partial charge in [0.05, 0.1) is 22.0 Å². The summed E-state index contributed by atoms with van der Waals surface area (Å²) in [5.74, 6) is -0.499. The highest BCUT2D eigenvalue weighted by molar-refractivity contribution is 7.92. The van der Waals surface area contributed by atoms with Crippen LogP contribution in [0, 0.1) is 0 Å². The molecule has 1 aromatic carbocycles. The predicted octanol–water partition coefficient (Wildman–Crippen LogP) is 3.68. The lowest BCUT2D eigenvalue weighted by molar-refractivity contribution is 0.161. The highest BCUT2D eigenvalue weighted by Gasteiger charge is 2.44. The van der Waals surface area contributed by atoms with Gasteiger partial charge in [-0.2, -0.15) is 0 Å². The van der Waals surface area contributed by atoms with Gasteiger partial charge in [0, 0.05) is 6.04 Å². The molecule has 0 aromatic heterocycles. The van der Waals surface area contributed by atoms with E-state index in [0.29, 0.717) is 12.8 Å². The van der Waals surface area contributed by atoms with Gasteiger partial charge in [-0.1, -0.05) is 23.3 Å². The second-order valence-corrected chi connectivity index (χ2v) is 11.1. The number of phenolic OH excluding ortho intramolecular Hbond substituents is 1. The van der Waals surface area contributed by atoms with Crippen molar-refractivity contribution in [2.75, 3.05) is 18.4 Å². The maximum absolute atomic E-state index is 13.2. The van der Waals surface area contributed by atoms with Crippen molar-refractivity contribution in [3.63, 3.8) is 0 Å². The van der Waals surface area contributed by atoms with Crippen LogP contribution in [0.5, 0.6) is 5.75 Å². The maximum atomic E-state index is 13.2. The van der Waals surface area contributed by atoms with Gasteiger partial charge in [-0.05, 0) is 70.7 Å². The summed E-state index contributed by atoms with van der Waals surface area (Å²) in [7, 11) is -3.80. The zero-order valence-corrected chi connectivity index (χ0v) is 18.6. The van der Waals surface area contributed by atoms with Gasteiger partial charge in [0.1, 0.15) is 4.90 Å². The molecule has 1 heterocycles. The Morgan fingerprint density at radius 2 is 1.93 bits per heavy atom. The number of nitrogens with zero attached hydrogens (tertiary/aromatic N) is 1. The van der Waals surface area contributed by atoms with Crippen LogP contribution in [0.25, 0.3) is 0 Å². The number of allylic oxidation sites excluding steroid dienone is 1. The highest BCUT2D eigenvalue weighted by Crippen LogP contribution is 2.43. The highest BCUT2D eigenvalue weighted by atomic mass is 35.5. The van der Waals surface area contributed by atoms with Gasteiger partial charge in [0.2, 0.25) is 0 Å². The topological polar surface area (TPSA) is 98.7 Å². The van der Waals surface area contributed by atoms with E-state index in [-0.39, 0.29) is 27.7 Å². The molecule has 1 atom stereocenters. The molecule has 7 nitrogen and oxygen atoms in total. The number of rotatable bonds is 5. The number of phenols is 1. The third-order valence-electron chi connectivity index (χ3n) is 6.56. The molecule has 3 N–H and O–H groups in total. The summed E-state index contributed by atoms with van der Waals surface area (Å²) in [5.41, 5.74) is 1.12. The molecule has 0 radical (unpaired) electrons. The van der Waals surface area contributed by atoms with Crippen molar-refractivity contribution in [3.05, 3.63) is 28.8 Å². The van der Waals surface area contributed by atoms with E-state index >= 15 is 0 Å². The number of hydrogen-bond acceptors (Lipinski definition) is 5. The van der Waals surface area contributed by atoms with Crippen molar-refractivity contribution in [1.29, 1.82) is 0 Å². The molecule has 4 rings (SSSR count). The average Bonchev–Trinajstić information content (AvgIpc) is 3.28. The summed E-state index contributed by atoms with van der Waals surface area (Å²) in [6.07, 6.45) is 7.21. The van der Waals surface area contributed by atoms with Crippen molar-refractivity contribution in [2.24, 2.45) is 0 Å². The van der Waals surface area contributed by atoms with Crippen LogP contribution >= 0.6 is 11.6 Å². The molecule has 1 aliphatic heterocycles. The number of carbonyl (C=O) groups excluding carboxylic acids is 1. The van der Waals surface area contributed by atoms with E-state index in [4.69, 9.17) is 11.6 Å². The Bertz CT molecular complexity index is 967. The van der Waals surface area contributed by atoms with Gasteiger partial charge in [0.25, 0.3) is 0 Å². The first kappa shape index (κ1) is 21.5. The van der Waals surface area contributed by atoms with Crippen molar-refractivity contribution < 1.29 is 18.3 Å². The lowest BCUT2D eigenvalue weighted by Crippen LogP contribution is -2.48. The fourth-order valence-corrected chi connectivity index (χ4v) is 7.11. The molecule has 2 fully saturated rings. The van der Waals surface area contributed by atoms with Crippen LogP contribution in [-0.4, -0.2) is 54.9 Å². The summed E-state index contributed by atoms with van der Waals surface area (Å²) in [4.78, 5) is 14.4. The largest absolute Gasteiger partial charge is 0.504 e. The zero-order chi connectivity index (χ0) is 21.5. The van der Waals surface area contributed by atoms with Gasteiger partial charge in [-0.15, -0.1) is 0 Å². The first-order chi connectivity index (χ1) is 14.3. The van der Waals surface area contributed by atoms with Crippen LogP contribution in [0.15, 0.2) is 28.7 Å². The number of nitrogens with one attached hydrogen (secondary N) is 2. The Balaban J connectivity index is 1.48. The second kappa shape index (κ2) is 8.40. The molecule has 3 aliphatic rings. The lowest BCUT2D eigenvalue weighted by Gasteiger charge is -2.40. The number of carbonyl (C=O) groups is 1. The summed E-state index contributed by atoms with van der Waals surface area (Å²) in [6, 6.07) is 2.55. The first-order valence-electron chi connectivity index (χ1n) is 10.5. The molecule has 2 amide bonds. The molecule has 1 saturated carbocycles. The fraction of sp³-hybridized carbons (Fsp3) is 0.571. The number of amides is 2. The third-order valence-corrected chi connectivity index (χ3v) is 9.23. The average molecular weight is 454 g/mol. The Morgan fingerprint density at radius 1 is 1.23 bits per heavy atom. The van der Waals surface area contributed by atoms with Gasteiger partial charge < -0.3 is 20.6 Å². The van der Waals surface area contributed by atoms with Gasteiger partial charge in [-0.25, -0.2) is 13.2 Å². The SMILES string of the molecule is CC1=CCCC1NC(=O)Nc1ccc(Cl)c(S(=O)(=O)[C@H]2C[C@H](N3CCCC3)C2)c1O. The molecule has 0 spiro atoms. The summed E-state index contributed by atoms with van der Waals surface area (Å²) < 4.78 is 26.4. The van der Waals surface area contributed by atoms with E-state index in [1.807, 2.05) is 6.92 Å². The van der Waals surface area contributed by atoms with Crippen LogP contribution < -0.4 is 10.6 Å². The third kappa shape index (κ3) is 4.05. The lowest BCUT2D eigenvalue weighted by atomic mass is 9.91. The van der Waals surface area contributed by atoms with Crippen LogP contribution in [0.2, 0.25) is 5.02 Å². The number of anilines is 1. The smallest absolute Gasteiger partial charge is 0.319 e. The Kier molecular flexibility index (Phi) is 6.01. The van der Waals surface area contributed by atoms with Crippen LogP contribution in [0.3, 0.4) is 0 Å². The molecule has 164 valence electrons. The number of halogens is 1. The normalized spacial score (nSPS) is 26.9. The number of aromatic hydroxyl groups is 1. The Labute approximate surface area is 182 Å². The monoisotopic (exact) mass is 453 g/mol. The summed E-state index contributed by atoms with van der Waals surface area (Å²) in [5, 5.41) is 15.5. The van der Waals surface area contributed by atoms with Crippen molar-refractivity contribution in [1.82, 2.24) is 10.2 Å². The molecule has 30 heavy (non-hydrogen) atoms. The second-order valence-electron chi connectivity index (χ2n) is 8.48. The molecule has 0 bridgehead atoms. The maximum Gasteiger partial charge on any atom is 0.319 e. The van der Waals surface area contributed by atoms with Gasteiger partial charge >= 0.3 is 6.03 Å². The number of sulfone groups is 1. The molecule has 2 aliphatic carbocycles. The Morgan fingerprint density at radius 3 is 2.57 bits per heavy atom.